The van der Waals surface area contributed by atoms with E-state index in [1.165, 1.54) is 4.80 Å². The van der Waals surface area contributed by atoms with Crippen LogP contribution in [0.25, 0.3) is 16.6 Å². The second-order valence-corrected chi connectivity index (χ2v) is 4.93. The summed E-state index contributed by atoms with van der Waals surface area (Å²) in [6.45, 7) is 4.26. The molecule has 0 atom stereocenters. The summed E-state index contributed by atoms with van der Waals surface area (Å²) in [5, 5.41) is 10.5. The third kappa shape index (κ3) is 2.11. The van der Waals surface area contributed by atoms with Crippen LogP contribution in [0.4, 0.5) is 0 Å². The maximum atomic E-state index is 5.29. The molecule has 0 radical (unpaired) electrons. The molecule has 0 saturated heterocycles. The molecule has 3 rings (SSSR count). The average molecular weight is 268 g/mol. The number of pyridine rings is 1. The van der Waals surface area contributed by atoms with Crippen molar-refractivity contribution in [2.24, 2.45) is 0 Å². The molecule has 2 heterocycles. The highest BCUT2D eigenvalue weighted by atomic mass is 16.5. The lowest BCUT2D eigenvalue weighted by atomic mass is 10.0. The van der Waals surface area contributed by atoms with Crippen LogP contribution in [-0.4, -0.2) is 27.1 Å². The highest BCUT2D eigenvalue weighted by Crippen LogP contribution is 2.28. The first-order chi connectivity index (χ1) is 9.69. The first kappa shape index (κ1) is 12.6. The number of benzene rings is 1. The van der Waals surface area contributed by atoms with Gasteiger partial charge in [-0.3, -0.25) is 0 Å². The number of methoxy groups -OCH3 is 1. The van der Waals surface area contributed by atoms with Crippen molar-refractivity contribution in [2.75, 3.05) is 7.11 Å². The number of hydrogen-bond acceptors (Lipinski definition) is 4. The lowest BCUT2D eigenvalue weighted by Crippen LogP contribution is -2.05. The molecule has 0 saturated carbocycles. The second kappa shape index (κ2) is 4.92. The fourth-order valence-electron chi connectivity index (χ4n) is 2.25. The molecular weight excluding hydrogens is 252 g/mol. The lowest BCUT2D eigenvalue weighted by Gasteiger charge is -2.12. The van der Waals surface area contributed by atoms with Crippen molar-refractivity contribution >= 4 is 10.8 Å². The van der Waals surface area contributed by atoms with E-state index < -0.39 is 0 Å². The summed E-state index contributed by atoms with van der Waals surface area (Å²) in [6.07, 6.45) is 3.29. The van der Waals surface area contributed by atoms with Gasteiger partial charge in [0.05, 0.1) is 25.2 Å². The fraction of sp³-hybridized carbons (Fsp3) is 0.267. The van der Waals surface area contributed by atoms with Gasteiger partial charge in [0, 0.05) is 5.39 Å². The predicted octanol–water partition coefficient (Wildman–Crippen LogP) is 2.95. The van der Waals surface area contributed by atoms with E-state index in [-0.39, 0.29) is 0 Å². The molecule has 102 valence electrons. The van der Waals surface area contributed by atoms with Gasteiger partial charge in [0.25, 0.3) is 0 Å². The monoisotopic (exact) mass is 268 g/mol. The third-order valence-corrected chi connectivity index (χ3v) is 3.22. The van der Waals surface area contributed by atoms with Crippen LogP contribution in [0.5, 0.6) is 5.75 Å². The van der Waals surface area contributed by atoms with E-state index in [0.717, 1.165) is 28.0 Å². The van der Waals surface area contributed by atoms with Crippen LogP contribution >= 0.6 is 0 Å². The van der Waals surface area contributed by atoms with Crippen molar-refractivity contribution in [3.63, 3.8) is 0 Å². The molecule has 20 heavy (non-hydrogen) atoms. The van der Waals surface area contributed by atoms with E-state index in [1.807, 2.05) is 18.2 Å². The molecule has 3 aromatic rings. The standard InChI is InChI=1S/C15H16N4O/c1-10(2)15-13-5-4-12(20-3)8-11(13)9-14(18-15)19-16-6-7-17-19/h4-10H,1-3H3. The van der Waals surface area contributed by atoms with Gasteiger partial charge in [0.15, 0.2) is 5.82 Å². The molecular formula is C15H16N4O. The van der Waals surface area contributed by atoms with Crippen LogP contribution in [0, 0.1) is 0 Å². The van der Waals surface area contributed by atoms with Crippen LogP contribution in [-0.2, 0) is 0 Å². The Morgan fingerprint density at radius 2 is 1.85 bits per heavy atom. The molecule has 5 nitrogen and oxygen atoms in total. The van der Waals surface area contributed by atoms with Gasteiger partial charge in [0.2, 0.25) is 0 Å². The fourth-order valence-corrected chi connectivity index (χ4v) is 2.25. The van der Waals surface area contributed by atoms with Crippen LogP contribution in [0.2, 0.25) is 0 Å². The van der Waals surface area contributed by atoms with E-state index in [1.54, 1.807) is 19.5 Å². The third-order valence-electron chi connectivity index (χ3n) is 3.22. The zero-order chi connectivity index (χ0) is 14.1. The Bertz CT molecular complexity index is 735. The van der Waals surface area contributed by atoms with Crippen molar-refractivity contribution in [3.8, 4) is 11.6 Å². The lowest BCUT2D eigenvalue weighted by molar-refractivity contribution is 0.415. The first-order valence-electron chi connectivity index (χ1n) is 6.54. The van der Waals surface area contributed by atoms with Crippen molar-refractivity contribution in [2.45, 2.75) is 19.8 Å². The van der Waals surface area contributed by atoms with Gasteiger partial charge in [-0.15, -0.1) is 4.80 Å². The molecule has 0 N–H and O–H groups in total. The van der Waals surface area contributed by atoms with E-state index in [4.69, 9.17) is 9.72 Å². The van der Waals surface area contributed by atoms with E-state index in [0.29, 0.717) is 5.92 Å². The number of nitrogens with zero attached hydrogens (tertiary/aromatic N) is 4. The molecule has 1 aromatic carbocycles. The van der Waals surface area contributed by atoms with Gasteiger partial charge in [0.1, 0.15) is 5.75 Å². The van der Waals surface area contributed by atoms with Gasteiger partial charge in [-0.05, 0) is 35.6 Å². The normalized spacial score (nSPS) is 11.2. The van der Waals surface area contributed by atoms with Crippen molar-refractivity contribution in [1.29, 1.82) is 0 Å². The molecule has 0 amide bonds. The summed E-state index contributed by atoms with van der Waals surface area (Å²) in [7, 11) is 1.67. The van der Waals surface area contributed by atoms with Crippen LogP contribution in [0.1, 0.15) is 25.5 Å². The summed E-state index contributed by atoms with van der Waals surface area (Å²) >= 11 is 0. The Morgan fingerprint density at radius 1 is 1.10 bits per heavy atom. The van der Waals surface area contributed by atoms with Gasteiger partial charge in [-0.2, -0.15) is 10.2 Å². The SMILES string of the molecule is COc1ccc2c(C(C)C)nc(-n3nccn3)cc2c1. The number of ether oxygens (including phenoxy) is 1. The molecule has 2 aromatic heterocycles. The minimum atomic E-state index is 0.321. The summed E-state index contributed by atoms with van der Waals surface area (Å²) in [5.41, 5.74) is 1.04. The maximum Gasteiger partial charge on any atom is 0.175 e. The Balaban J connectivity index is 2.28. The van der Waals surface area contributed by atoms with Crippen molar-refractivity contribution in [1.82, 2.24) is 20.0 Å². The second-order valence-electron chi connectivity index (χ2n) is 4.93. The van der Waals surface area contributed by atoms with E-state index in [9.17, 15) is 0 Å². The van der Waals surface area contributed by atoms with E-state index in [2.05, 4.69) is 30.1 Å². The highest BCUT2D eigenvalue weighted by Gasteiger charge is 2.12. The van der Waals surface area contributed by atoms with Crippen molar-refractivity contribution in [3.05, 3.63) is 42.4 Å². The topological polar surface area (TPSA) is 52.8 Å². The number of fused-ring (bicyclic) bond motifs is 1. The minimum absolute atomic E-state index is 0.321. The summed E-state index contributed by atoms with van der Waals surface area (Å²) in [6, 6.07) is 8.00. The predicted molar refractivity (Wildman–Crippen MR) is 77.3 cm³/mol. The molecule has 0 bridgehead atoms. The summed E-state index contributed by atoms with van der Waals surface area (Å²) in [4.78, 5) is 6.23. The first-order valence-corrected chi connectivity index (χ1v) is 6.54. The van der Waals surface area contributed by atoms with Gasteiger partial charge in [-0.25, -0.2) is 4.98 Å². The molecule has 0 aliphatic carbocycles. The molecule has 0 aliphatic heterocycles. The van der Waals surface area contributed by atoms with Gasteiger partial charge >= 0.3 is 0 Å². The maximum absolute atomic E-state index is 5.29. The zero-order valence-electron chi connectivity index (χ0n) is 11.7. The molecule has 0 spiro atoms. The average Bonchev–Trinajstić information content (AvgIpc) is 2.99. The summed E-state index contributed by atoms with van der Waals surface area (Å²) < 4.78 is 5.29. The van der Waals surface area contributed by atoms with Gasteiger partial charge < -0.3 is 4.74 Å². The Hall–Kier alpha value is -2.43. The van der Waals surface area contributed by atoms with Crippen LogP contribution < -0.4 is 4.74 Å². The molecule has 0 aliphatic rings. The summed E-state index contributed by atoms with van der Waals surface area (Å²) in [5.74, 6) is 1.87. The Labute approximate surface area is 117 Å². The van der Waals surface area contributed by atoms with Gasteiger partial charge in [-0.1, -0.05) is 13.8 Å². The molecule has 0 fully saturated rings. The largest absolute Gasteiger partial charge is 0.497 e. The number of aromatic nitrogens is 4. The molecule has 5 heteroatoms. The highest BCUT2D eigenvalue weighted by molar-refractivity contribution is 5.87. The number of hydrogen-bond donors (Lipinski definition) is 0. The van der Waals surface area contributed by atoms with Crippen LogP contribution in [0.15, 0.2) is 36.7 Å². The van der Waals surface area contributed by atoms with Crippen molar-refractivity contribution < 1.29 is 4.74 Å². The Morgan fingerprint density at radius 3 is 2.50 bits per heavy atom. The van der Waals surface area contributed by atoms with Crippen LogP contribution in [0.3, 0.4) is 0 Å². The zero-order valence-corrected chi connectivity index (χ0v) is 11.7. The smallest absolute Gasteiger partial charge is 0.175 e. The van der Waals surface area contributed by atoms with E-state index >= 15 is 0 Å². The quantitative estimate of drug-likeness (QED) is 0.733. The minimum Gasteiger partial charge on any atom is -0.497 e. The Kier molecular flexibility index (Phi) is 3.10. The number of rotatable bonds is 3. The molecule has 0 unspecified atom stereocenters.